The Morgan fingerprint density at radius 2 is 1.90 bits per heavy atom. The highest BCUT2D eigenvalue weighted by atomic mass is 35.5. The van der Waals surface area contributed by atoms with E-state index in [1.807, 2.05) is 0 Å². The average Bonchev–Trinajstić information content (AvgIpc) is 3.18. The number of halogens is 2. The fraction of sp³-hybridized carbons (Fsp3) is 0.0556. The molecule has 0 saturated heterocycles. The first-order valence-corrected chi connectivity index (χ1v) is 10.1. The zero-order valence-electron chi connectivity index (χ0n) is 14.8. The molecule has 0 saturated carbocycles. The van der Waals surface area contributed by atoms with Crippen molar-refractivity contribution in [3.05, 3.63) is 59.5 Å². The second-order valence-electron chi connectivity index (χ2n) is 5.95. The van der Waals surface area contributed by atoms with Gasteiger partial charge in [0.1, 0.15) is 16.1 Å². The number of sulfonamides is 1. The summed E-state index contributed by atoms with van der Waals surface area (Å²) in [5.74, 6) is -0.166. The lowest BCUT2D eigenvalue weighted by atomic mass is 10.2. The lowest BCUT2D eigenvalue weighted by Crippen LogP contribution is -2.14. The molecular weight excluding hydrogens is 421 g/mol. The predicted octanol–water partition coefficient (Wildman–Crippen LogP) is 3.62. The minimum Gasteiger partial charge on any atom is -0.480 e. The monoisotopic (exact) mass is 433 g/mol. The van der Waals surface area contributed by atoms with Gasteiger partial charge in [-0.15, -0.1) is 0 Å². The number of methoxy groups -OCH3 is 1. The minimum atomic E-state index is -4.15. The van der Waals surface area contributed by atoms with Crippen LogP contribution in [0.25, 0.3) is 22.4 Å². The van der Waals surface area contributed by atoms with Crippen molar-refractivity contribution in [2.75, 3.05) is 11.8 Å². The van der Waals surface area contributed by atoms with Gasteiger partial charge >= 0.3 is 0 Å². The van der Waals surface area contributed by atoms with Gasteiger partial charge in [-0.1, -0.05) is 11.6 Å². The van der Waals surface area contributed by atoms with Crippen molar-refractivity contribution in [2.45, 2.75) is 4.90 Å². The van der Waals surface area contributed by atoms with Crippen LogP contribution < -0.4 is 9.46 Å². The summed E-state index contributed by atoms with van der Waals surface area (Å²) in [6.07, 6.45) is 1.56. The number of rotatable bonds is 5. The number of nitrogens with zero attached hydrogens (tertiary/aromatic N) is 3. The molecule has 148 valence electrons. The SMILES string of the molecule is COc1nc(-c2ccc(NS(=O)(=O)c3cc(Cl)ccc3F)cc2)nc2[nH]ncc12. The fourth-order valence-corrected chi connectivity index (χ4v) is 4.07. The van der Waals surface area contributed by atoms with E-state index in [4.69, 9.17) is 16.3 Å². The topological polar surface area (TPSA) is 110 Å². The van der Waals surface area contributed by atoms with Gasteiger partial charge < -0.3 is 4.74 Å². The summed E-state index contributed by atoms with van der Waals surface area (Å²) in [6.45, 7) is 0. The molecule has 11 heteroatoms. The van der Waals surface area contributed by atoms with Gasteiger partial charge in [0.25, 0.3) is 10.0 Å². The maximum Gasteiger partial charge on any atom is 0.264 e. The fourth-order valence-electron chi connectivity index (χ4n) is 2.67. The van der Waals surface area contributed by atoms with E-state index in [-0.39, 0.29) is 10.7 Å². The standard InChI is InChI=1S/C18H13ClFN5O3S/c1-28-18-13-9-21-24-17(13)22-16(23-18)10-2-5-12(6-3-10)25-29(26,27)15-8-11(19)4-7-14(15)20/h2-9,25H,1H3,(H,21,22,23,24). The number of H-pyrrole nitrogens is 1. The van der Waals surface area contributed by atoms with Crippen molar-refractivity contribution < 1.29 is 17.5 Å². The van der Waals surface area contributed by atoms with E-state index in [1.165, 1.54) is 25.3 Å². The molecule has 2 heterocycles. The molecule has 2 N–H and O–H groups in total. The van der Waals surface area contributed by atoms with Crippen LogP contribution in [0.3, 0.4) is 0 Å². The molecule has 0 spiro atoms. The van der Waals surface area contributed by atoms with Crippen molar-refractivity contribution in [3.8, 4) is 17.3 Å². The largest absolute Gasteiger partial charge is 0.480 e. The summed E-state index contributed by atoms with van der Waals surface area (Å²) in [5, 5.41) is 7.43. The normalized spacial score (nSPS) is 11.6. The molecule has 4 rings (SSSR count). The predicted molar refractivity (Wildman–Crippen MR) is 106 cm³/mol. The first-order valence-electron chi connectivity index (χ1n) is 8.21. The third-order valence-electron chi connectivity index (χ3n) is 4.05. The number of ether oxygens (including phenoxy) is 1. The highest BCUT2D eigenvalue weighted by molar-refractivity contribution is 7.92. The van der Waals surface area contributed by atoms with E-state index < -0.39 is 20.7 Å². The Morgan fingerprint density at radius 3 is 2.62 bits per heavy atom. The zero-order chi connectivity index (χ0) is 20.6. The molecule has 0 fully saturated rings. The number of nitrogens with one attached hydrogen (secondary N) is 2. The molecule has 8 nitrogen and oxygen atoms in total. The van der Waals surface area contributed by atoms with Crippen molar-refractivity contribution >= 4 is 38.3 Å². The third kappa shape index (κ3) is 3.71. The van der Waals surface area contributed by atoms with Gasteiger partial charge in [-0.25, -0.2) is 17.8 Å². The van der Waals surface area contributed by atoms with E-state index >= 15 is 0 Å². The second kappa shape index (κ2) is 7.30. The lowest BCUT2D eigenvalue weighted by molar-refractivity contribution is 0.403. The maximum absolute atomic E-state index is 13.9. The minimum absolute atomic E-state index is 0.113. The average molecular weight is 434 g/mol. The summed E-state index contributed by atoms with van der Waals surface area (Å²) in [4.78, 5) is 8.18. The number of aromatic nitrogens is 4. The van der Waals surface area contributed by atoms with Gasteiger partial charge in [0.05, 0.1) is 13.3 Å². The number of benzene rings is 2. The molecule has 4 aromatic rings. The Morgan fingerprint density at radius 1 is 1.14 bits per heavy atom. The van der Waals surface area contributed by atoms with Crippen LogP contribution in [0, 0.1) is 5.82 Å². The van der Waals surface area contributed by atoms with Crippen LogP contribution in [0.4, 0.5) is 10.1 Å². The summed E-state index contributed by atoms with van der Waals surface area (Å²) < 4.78 is 46.4. The summed E-state index contributed by atoms with van der Waals surface area (Å²) in [5.41, 5.74) is 1.37. The van der Waals surface area contributed by atoms with Crippen molar-refractivity contribution in [3.63, 3.8) is 0 Å². The molecule has 0 unspecified atom stereocenters. The zero-order valence-corrected chi connectivity index (χ0v) is 16.4. The molecule has 0 amide bonds. The Bertz CT molecular complexity index is 1310. The van der Waals surface area contributed by atoms with E-state index in [0.29, 0.717) is 28.3 Å². The Kier molecular flexibility index (Phi) is 4.81. The summed E-state index contributed by atoms with van der Waals surface area (Å²) in [7, 11) is -2.66. The van der Waals surface area contributed by atoms with Gasteiger partial charge in [-0.2, -0.15) is 10.1 Å². The van der Waals surface area contributed by atoms with Crippen LogP contribution in [0.1, 0.15) is 0 Å². The first-order chi connectivity index (χ1) is 13.9. The quantitative estimate of drug-likeness (QED) is 0.497. The highest BCUT2D eigenvalue weighted by Gasteiger charge is 2.20. The van der Waals surface area contributed by atoms with Crippen molar-refractivity contribution in [1.29, 1.82) is 0 Å². The van der Waals surface area contributed by atoms with Gasteiger partial charge in [0.2, 0.25) is 5.88 Å². The number of hydrogen-bond acceptors (Lipinski definition) is 6. The van der Waals surface area contributed by atoms with Gasteiger partial charge in [0, 0.05) is 16.3 Å². The Hall–Kier alpha value is -3.24. The number of hydrogen-bond donors (Lipinski definition) is 2. The number of fused-ring (bicyclic) bond motifs is 1. The summed E-state index contributed by atoms with van der Waals surface area (Å²) in [6, 6.07) is 9.61. The van der Waals surface area contributed by atoms with Crippen LogP contribution in [0.5, 0.6) is 5.88 Å². The Balaban J connectivity index is 1.64. The van der Waals surface area contributed by atoms with Crippen LogP contribution in [-0.4, -0.2) is 35.7 Å². The van der Waals surface area contributed by atoms with E-state index in [1.54, 1.807) is 18.3 Å². The molecular formula is C18H13ClFN5O3S. The van der Waals surface area contributed by atoms with E-state index in [9.17, 15) is 12.8 Å². The molecule has 0 bridgehead atoms. The molecule has 0 atom stereocenters. The lowest BCUT2D eigenvalue weighted by Gasteiger charge is -2.10. The van der Waals surface area contributed by atoms with Gasteiger partial charge in [-0.3, -0.25) is 9.82 Å². The van der Waals surface area contributed by atoms with Crippen LogP contribution >= 0.6 is 11.6 Å². The molecule has 0 aliphatic rings. The molecule has 0 radical (unpaired) electrons. The molecule has 29 heavy (non-hydrogen) atoms. The van der Waals surface area contributed by atoms with Gasteiger partial charge in [-0.05, 0) is 42.5 Å². The van der Waals surface area contributed by atoms with Crippen LogP contribution in [-0.2, 0) is 10.0 Å². The number of aromatic amines is 1. The number of anilines is 1. The van der Waals surface area contributed by atoms with Gasteiger partial charge in [0.15, 0.2) is 11.5 Å². The maximum atomic E-state index is 13.9. The summed E-state index contributed by atoms with van der Waals surface area (Å²) >= 11 is 5.78. The molecule has 2 aromatic carbocycles. The molecule has 2 aromatic heterocycles. The molecule has 0 aliphatic carbocycles. The van der Waals surface area contributed by atoms with Crippen LogP contribution in [0.15, 0.2) is 53.6 Å². The first kappa shape index (κ1) is 19.1. The van der Waals surface area contributed by atoms with Crippen molar-refractivity contribution in [2.24, 2.45) is 0 Å². The molecule has 0 aliphatic heterocycles. The van der Waals surface area contributed by atoms with Crippen molar-refractivity contribution in [1.82, 2.24) is 20.2 Å². The van der Waals surface area contributed by atoms with Crippen LogP contribution in [0.2, 0.25) is 5.02 Å². The Labute approximate surface area is 169 Å². The van der Waals surface area contributed by atoms with E-state index in [0.717, 1.165) is 12.1 Å². The highest BCUT2D eigenvalue weighted by Crippen LogP contribution is 2.27. The second-order valence-corrected chi connectivity index (χ2v) is 8.03. The van der Waals surface area contributed by atoms with E-state index in [2.05, 4.69) is 24.9 Å². The third-order valence-corrected chi connectivity index (χ3v) is 5.68. The smallest absolute Gasteiger partial charge is 0.264 e.